The van der Waals surface area contributed by atoms with Crippen molar-refractivity contribution in [1.82, 2.24) is 14.6 Å². The Balaban J connectivity index is 1.88. The van der Waals surface area contributed by atoms with Crippen molar-refractivity contribution in [3.05, 3.63) is 88.3 Å². The van der Waals surface area contributed by atoms with Gasteiger partial charge in [-0.15, -0.1) is 0 Å². The number of halogens is 4. The second-order valence-electron chi connectivity index (χ2n) is 6.58. The number of hydrogen-bond donors (Lipinski definition) is 1. The number of carbonyl (C=O) groups is 1. The van der Waals surface area contributed by atoms with Crippen molar-refractivity contribution in [3.63, 3.8) is 0 Å². The zero-order valence-electron chi connectivity index (χ0n) is 15.2. The number of carboxylic acid groups (broad SMARTS) is 1. The highest BCUT2D eigenvalue weighted by molar-refractivity contribution is 6.30. The van der Waals surface area contributed by atoms with Crippen LogP contribution in [0.4, 0.5) is 13.2 Å². The van der Waals surface area contributed by atoms with E-state index in [0.29, 0.717) is 27.5 Å². The van der Waals surface area contributed by atoms with Gasteiger partial charge in [0, 0.05) is 29.4 Å². The minimum atomic E-state index is -4.49. The Hall–Kier alpha value is -3.39. The smallest absolute Gasteiger partial charge is 0.416 e. The Kier molecular flexibility index (Phi) is 4.95. The predicted octanol–water partition coefficient (Wildman–Crippen LogP) is 5.36. The molecule has 4 aromatic rings. The summed E-state index contributed by atoms with van der Waals surface area (Å²) in [5.74, 6) is -1.17. The lowest BCUT2D eigenvalue weighted by atomic mass is 10.0. The van der Waals surface area contributed by atoms with Gasteiger partial charge in [0.2, 0.25) is 0 Å². The Morgan fingerprint density at radius 2 is 1.87 bits per heavy atom. The second-order valence-corrected chi connectivity index (χ2v) is 7.02. The Morgan fingerprint density at radius 1 is 1.10 bits per heavy atom. The molecule has 0 radical (unpaired) electrons. The molecule has 0 aliphatic rings. The number of benzene rings is 1. The summed E-state index contributed by atoms with van der Waals surface area (Å²) in [6, 6.07) is 12.9. The molecule has 0 fully saturated rings. The fourth-order valence-corrected chi connectivity index (χ4v) is 3.36. The van der Waals surface area contributed by atoms with Crippen LogP contribution in [0.5, 0.6) is 0 Å². The third-order valence-corrected chi connectivity index (χ3v) is 4.77. The molecular formula is C21H13ClF3N3O2. The maximum Gasteiger partial charge on any atom is 0.416 e. The lowest BCUT2D eigenvalue weighted by molar-refractivity contribution is -0.137. The molecule has 0 saturated carbocycles. The average Bonchev–Trinajstić information content (AvgIpc) is 3.05. The second kappa shape index (κ2) is 7.46. The SMILES string of the molecule is O=C(O)c1cccc(Cc2c(-c3cccc(C(F)(F)F)c3)nn3cc(Cl)ccc23)n1. The average molecular weight is 432 g/mol. The number of nitrogens with zero attached hydrogens (tertiary/aromatic N) is 3. The van der Waals surface area contributed by atoms with Crippen LogP contribution in [-0.4, -0.2) is 25.7 Å². The lowest BCUT2D eigenvalue weighted by Crippen LogP contribution is -2.05. The maximum atomic E-state index is 13.2. The number of aromatic nitrogens is 3. The minimum Gasteiger partial charge on any atom is -0.477 e. The van der Waals surface area contributed by atoms with E-state index in [0.717, 1.165) is 12.1 Å². The van der Waals surface area contributed by atoms with Crippen molar-refractivity contribution in [2.45, 2.75) is 12.6 Å². The highest BCUT2D eigenvalue weighted by atomic mass is 35.5. The fourth-order valence-electron chi connectivity index (χ4n) is 3.20. The van der Waals surface area contributed by atoms with E-state index < -0.39 is 17.7 Å². The minimum absolute atomic E-state index is 0.118. The van der Waals surface area contributed by atoms with Crippen molar-refractivity contribution in [3.8, 4) is 11.3 Å². The summed E-state index contributed by atoms with van der Waals surface area (Å²) in [5.41, 5.74) is 1.42. The summed E-state index contributed by atoms with van der Waals surface area (Å²) in [4.78, 5) is 15.3. The molecule has 4 rings (SSSR count). The summed E-state index contributed by atoms with van der Waals surface area (Å²) in [6.07, 6.45) is -2.76. The molecule has 0 unspecified atom stereocenters. The first-order valence-electron chi connectivity index (χ1n) is 8.76. The summed E-state index contributed by atoms with van der Waals surface area (Å²) in [6.45, 7) is 0. The number of hydrogen-bond acceptors (Lipinski definition) is 3. The molecule has 3 heterocycles. The topological polar surface area (TPSA) is 67.5 Å². The lowest BCUT2D eigenvalue weighted by Gasteiger charge is -2.09. The molecule has 152 valence electrons. The van der Waals surface area contributed by atoms with E-state index in [2.05, 4.69) is 10.1 Å². The molecular weight excluding hydrogens is 419 g/mol. The number of fused-ring (bicyclic) bond motifs is 1. The van der Waals surface area contributed by atoms with Crippen LogP contribution in [-0.2, 0) is 12.6 Å². The van der Waals surface area contributed by atoms with Crippen molar-refractivity contribution in [1.29, 1.82) is 0 Å². The summed E-state index contributed by atoms with van der Waals surface area (Å²) in [7, 11) is 0. The van der Waals surface area contributed by atoms with Crippen LogP contribution < -0.4 is 0 Å². The van der Waals surface area contributed by atoms with Gasteiger partial charge in [-0.1, -0.05) is 29.8 Å². The van der Waals surface area contributed by atoms with E-state index in [9.17, 15) is 23.1 Å². The standard InChI is InChI=1S/C21H13ClF3N3O2/c22-14-7-8-18-16(10-15-5-2-6-17(26-15)20(29)30)19(27-28(18)11-14)12-3-1-4-13(9-12)21(23,24)25/h1-9,11H,10H2,(H,29,30). The van der Waals surface area contributed by atoms with E-state index in [-0.39, 0.29) is 17.7 Å². The van der Waals surface area contributed by atoms with Gasteiger partial charge < -0.3 is 5.11 Å². The summed E-state index contributed by atoms with van der Waals surface area (Å²) in [5, 5.41) is 14.0. The molecule has 9 heteroatoms. The van der Waals surface area contributed by atoms with Crippen molar-refractivity contribution in [2.75, 3.05) is 0 Å². The largest absolute Gasteiger partial charge is 0.477 e. The van der Waals surface area contributed by atoms with Gasteiger partial charge in [0.25, 0.3) is 0 Å². The molecule has 0 saturated heterocycles. The molecule has 3 aromatic heterocycles. The molecule has 0 atom stereocenters. The third-order valence-electron chi connectivity index (χ3n) is 4.54. The number of aromatic carboxylic acids is 1. The van der Waals surface area contributed by atoms with E-state index >= 15 is 0 Å². The molecule has 5 nitrogen and oxygen atoms in total. The number of carboxylic acids is 1. The third kappa shape index (κ3) is 3.86. The van der Waals surface area contributed by atoms with Gasteiger partial charge in [-0.2, -0.15) is 18.3 Å². The quantitative estimate of drug-likeness (QED) is 0.472. The molecule has 30 heavy (non-hydrogen) atoms. The molecule has 0 amide bonds. The van der Waals surface area contributed by atoms with Gasteiger partial charge in [-0.3, -0.25) is 0 Å². The molecule has 1 aromatic carbocycles. The monoisotopic (exact) mass is 431 g/mol. The Bertz CT molecular complexity index is 1270. The number of alkyl halides is 3. The fraction of sp³-hybridized carbons (Fsp3) is 0.0952. The maximum absolute atomic E-state index is 13.2. The zero-order valence-corrected chi connectivity index (χ0v) is 15.9. The van der Waals surface area contributed by atoms with E-state index in [1.54, 1.807) is 36.5 Å². The normalized spacial score (nSPS) is 11.7. The van der Waals surface area contributed by atoms with E-state index in [1.807, 2.05) is 0 Å². The van der Waals surface area contributed by atoms with E-state index in [1.165, 1.54) is 16.6 Å². The van der Waals surface area contributed by atoms with Gasteiger partial charge >= 0.3 is 12.1 Å². The van der Waals surface area contributed by atoms with Gasteiger partial charge in [-0.25, -0.2) is 14.3 Å². The molecule has 0 spiro atoms. The van der Waals surface area contributed by atoms with Crippen LogP contribution in [0.1, 0.15) is 27.3 Å². The number of pyridine rings is 2. The van der Waals surface area contributed by atoms with Gasteiger partial charge in [0.1, 0.15) is 5.69 Å². The molecule has 0 bridgehead atoms. The van der Waals surface area contributed by atoms with Crippen molar-refractivity contribution in [2.24, 2.45) is 0 Å². The summed E-state index contributed by atoms with van der Waals surface area (Å²) < 4.78 is 41.1. The van der Waals surface area contributed by atoms with Gasteiger partial charge in [-0.05, 0) is 36.4 Å². The van der Waals surface area contributed by atoms with Crippen LogP contribution in [0.15, 0.2) is 60.8 Å². The highest BCUT2D eigenvalue weighted by Gasteiger charge is 2.31. The predicted molar refractivity (Wildman–Crippen MR) is 105 cm³/mol. The Labute approximate surface area is 173 Å². The number of rotatable bonds is 4. The van der Waals surface area contributed by atoms with Gasteiger partial charge in [0.15, 0.2) is 0 Å². The first kappa shape index (κ1) is 19.9. The molecule has 0 aliphatic carbocycles. The summed E-state index contributed by atoms with van der Waals surface area (Å²) >= 11 is 6.04. The Morgan fingerprint density at radius 3 is 2.60 bits per heavy atom. The molecule has 1 N–H and O–H groups in total. The zero-order chi connectivity index (χ0) is 21.5. The van der Waals surface area contributed by atoms with E-state index in [4.69, 9.17) is 11.6 Å². The first-order valence-corrected chi connectivity index (χ1v) is 9.14. The van der Waals surface area contributed by atoms with Gasteiger partial charge in [0.05, 0.1) is 21.8 Å². The van der Waals surface area contributed by atoms with Crippen LogP contribution in [0.25, 0.3) is 16.8 Å². The van der Waals surface area contributed by atoms with Crippen LogP contribution >= 0.6 is 11.6 Å². The van der Waals surface area contributed by atoms with Crippen molar-refractivity contribution >= 4 is 23.1 Å². The highest BCUT2D eigenvalue weighted by Crippen LogP contribution is 2.34. The first-order chi connectivity index (χ1) is 14.2. The molecule has 0 aliphatic heterocycles. The van der Waals surface area contributed by atoms with Crippen LogP contribution in [0.3, 0.4) is 0 Å². The van der Waals surface area contributed by atoms with Crippen LogP contribution in [0, 0.1) is 0 Å². The van der Waals surface area contributed by atoms with Crippen LogP contribution in [0.2, 0.25) is 5.02 Å². The van der Waals surface area contributed by atoms with Crippen molar-refractivity contribution < 1.29 is 23.1 Å².